The third-order valence-electron chi connectivity index (χ3n) is 2.43. The van der Waals surface area contributed by atoms with Gasteiger partial charge < -0.3 is 0 Å². The molecule has 0 amide bonds. The van der Waals surface area contributed by atoms with Crippen molar-refractivity contribution >= 4 is 0 Å². The van der Waals surface area contributed by atoms with E-state index >= 15 is 0 Å². The standard InChI is InChI=1S/C12H8FN3O2/c13-10-2-1-8(6-14)9(5-10)7-16-4-3-11(17)15-12(16)18/h1-5H,7H2,(H,15,17,18). The first-order valence-electron chi connectivity index (χ1n) is 5.08. The van der Waals surface area contributed by atoms with Crippen molar-refractivity contribution in [2.24, 2.45) is 0 Å². The van der Waals surface area contributed by atoms with Crippen LogP contribution in [0.4, 0.5) is 4.39 Å². The Balaban J connectivity index is 2.46. The molecular weight excluding hydrogens is 237 g/mol. The highest BCUT2D eigenvalue weighted by atomic mass is 19.1. The van der Waals surface area contributed by atoms with E-state index in [0.29, 0.717) is 5.56 Å². The van der Waals surface area contributed by atoms with Crippen LogP contribution in [0.3, 0.4) is 0 Å². The molecule has 0 bridgehead atoms. The molecule has 0 saturated carbocycles. The van der Waals surface area contributed by atoms with Gasteiger partial charge in [0, 0.05) is 12.3 Å². The molecule has 0 aliphatic heterocycles. The molecule has 1 aromatic heterocycles. The lowest BCUT2D eigenvalue weighted by molar-refractivity contribution is 0.621. The second kappa shape index (κ2) is 4.67. The zero-order valence-corrected chi connectivity index (χ0v) is 9.18. The van der Waals surface area contributed by atoms with Crippen molar-refractivity contribution in [1.82, 2.24) is 9.55 Å². The van der Waals surface area contributed by atoms with Gasteiger partial charge in [0.25, 0.3) is 5.56 Å². The lowest BCUT2D eigenvalue weighted by Crippen LogP contribution is -2.29. The van der Waals surface area contributed by atoms with E-state index in [9.17, 15) is 14.0 Å². The number of hydrogen-bond acceptors (Lipinski definition) is 3. The van der Waals surface area contributed by atoms with Crippen molar-refractivity contribution < 1.29 is 4.39 Å². The number of nitriles is 1. The summed E-state index contributed by atoms with van der Waals surface area (Å²) in [5, 5.41) is 8.88. The van der Waals surface area contributed by atoms with Gasteiger partial charge >= 0.3 is 5.69 Å². The molecule has 0 spiro atoms. The Morgan fingerprint density at radius 2 is 2.11 bits per heavy atom. The minimum absolute atomic E-state index is 0.0241. The molecule has 0 radical (unpaired) electrons. The number of benzene rings is 1. The second-order valence-corrected chi connectivity index (χ2v) is 3.65. The lowest BCUT2D eigenvalue weighted by atomic mass is 10.1. The van der Waals surface area contributed by atoms with E-state index in [1.807, 2.05) is 6.07 Å². The molecule has 2 aromatic rings. The van der Waals surface area contributed by atoms with E-state index in [2.05, 4.69) is 4.98 Å². The summed E-state index contributed by atoms with van der Waals surface area (Å²) in [6, 6.07) is 6.82. The predicted octanol–water partition coefficient (Wildman–Crippen LogP) is 0.596. The van der Waals surface area contributed by atoms with E-state index in [1.54, 1.807) is 0 Å². The summed E-state index contributed by atoms with van der Waals surface area (Å²) in [5.41, 5.74) is -0.437. The van der Waals surface area contributed by atoms with E-state index in [0.717, 1.165) is 0 Å². The van der Waals surface area contributed by atoms with E-state index in [1.165, 1.54) is 35.0 Å². The molecule has 18 heavy (non-hydrogen) atoms. The van der Waals surface area contributed by atoms with Crippen molar-refractivity contribution in [1.29, 1.82) is 5.26 Å². The summed E-state index contributed by atoms with van der Waals surface area (Å²) >= 11 is 0. The Kier molecular flexibility index (Phi) is 3.06. The van der Waals surface area contributed by atoms with Gasteiger partial charge in [-0.3, -0.25) is 14.3 Å². The Morgan fingerprint density at radius 3 is 2.78 bits per heavy atom. The van der Waals surface area contributed by atoms with E-state index < -0.39 is 17.1 Å². The maximum Gasteiger partial charge on any atom is 0.328 e. The number of hydrogen-bond donors (Lipinski definition) is 1. The van der Waals surface area contributed by atoms with Crippen LogP contribution in [0.5, 0.6) is 0 Å². The number of rotatable bonds is 2. The molecule has 0 aliphatic carbocycles. The molecule has 0 unspecified atom stereocenters. The fourth-order valence-corrected chi connectivity index (χ4v) is 1.55. The monoisotopic (exact) mass is 245 g/mol. The number of aromatic amines is 1. The van der Waals surface area contributed by atoms with Crippen molar-refractivity contribution in [3.8, 4) is 6.07 Å². The zero-order chi connectivity index (χ0) is 13.1. The topological polar surface area (TPSA) is 78.7 Å². The van der Waals surface area contributed by atoms with Gasteiger partial charge in [-0.2, -0.15) is 5.26 Å². The Bertz CT molecular complexity index is 740. The number of aromatic nitrogens is 2. The summed E-state index contributed by atoms with van der Waals surface area (Å²) in [4.78, 5) is 24.4. The van der Waals surface area contributed by atoms with Gasteiger partial charge in [0.1, 0.15) is 5.82 Å². The highest BCUT2D eigenvalue weighted by molar-refractivity contribution is 5.37. The molecular formula is C12H8FN3O2. The van der Waals surface area contributed by atoms with Crippen LogP contribution in [0, 0.1) is 17.1 Å². The maximum absolute atomic E-state index is 13.1. The van der Waals surface area contributed by atoms with Crippen molar-refractivity contribution in [2.75, 3.05) is 0 Å². The molecule has 0 aliphatic rings. The average Bonchev–Trinajstić information content (AvgIpc) is 2.33. The fourth-order valence-electron chi connectivity index (χ4n) is 1.55. The highest BCUT2D eigenvalue weighted by Gasteiger charge is 2.06. The van der Waals surface area contributed by atoms with Gasteiger partial charge in [0.15, 0.2) is 0 Å². The SMILES string of the molecule is N#Cc1ccc(F)cc1Cn1ccc(=O)[nH]c1=O. The first-order chi connectivity index (χ1) is 8.60. The van der Waals surface area contributed by atoms with Crippen LogP contribution in [0.2, 0.25) is 0 Å². The average molecular weight is 245 g/mol. The van der Waals surface area contributed by atoms with Crippen molar-refractivity contribution in [3.05, 3.63) is 68.2 Å². The largest absolute Gasteiger partial charge is 0.328 e. The normalized spacial score (nSPS) is 10.0. The minimum Gasteiger partial charge on any atom is -0.296 e. The number of halogens is 1. The van der Waals surface area contributed by atoms with Crippen molar-refractivity contribution in [3.63, 3.8) is 0 Å². The number of nitrogens with zero attached hydrogens (tertiary/aromatic N) is 2. The summed E-state index contributed by atoms with van der Waals surface area (Å²) in [5.74, 6) is -0.485. The summed E-state index contributed by atoms with van der Waals surface area (Å²) in [6.07, 6.45) is 1.30. The molecule has 5 nitrogen and oxygen atoms in total. The zero-order valence-electron chi connectivity index (χ0n) is 9.18. The minimum atomic E-state index is -0.601. The van der Waals surface area contributed by atoms with Gasteiger partial charge in [0.05, 0.1) is 18.2 Å². The molecule has 1 heterocycles. The van der Waals surface area contributed by atoms with E-state index in [-0.39, 0.29) is 12.1 Å². The molecule has 90 valence electrons. The van der Waals surface area contributed by atoms with E-state index in [4.69, 9.17) is 5.26 Å². The lowest BCUT2D eigenvalue weighted by Gasteiger charge is -2.06. The molecule has 0 fully saturated rings. The molecule has 6 heteroatoms. The Hall–Kier alpha value is -2.68. The summed E-state index contributed by atoms with van der Waals surface area (Å²) in [6.45, 7) is 0.0241. The predicted molar refractivity (Wildman–Crippen MR) is 61.5 cm³/mol. The van der Waals surface area contributed by atoms with Gasteiger partial charge in [-0.1, -0.05) is 0 Å². The Labute approximate surface area is 101 Å². The first kappa shape index (κ1) is 11.8. The van der Waals surface area contributed by atoms with Gasteiger partial charge in [-0.25, -0.2) is 9.18 Å². The van der Waals surface area contributed by atoms with Crippen LogP contribution in [0.25, 0.3) is 0 Å². The van der Waals surface area contributed by atoms with Crippen LogP contribution in [-0.2, 0) is 6.54 Å². The molecule has 0 atom stereocenters. The Morgan fingerprint density at radius 1 is 1.33 bits per heavy atom. The van der Waals surface area contributed by atoms with Gasteiger partial charge in [0.2, 0.25) is 0 Å². The molecule has 1 N–H and O–H groups in total. The highest BCUT2D eigenvalue weighted by Crippen LogP contribution is 2.11. The fraction of sp³-hybridized carbons (Fsp3) is 0.0833. The van der Waals surface area contributed by atoms with Crippen LogP contribution < -0.4 is 11.2 Å². The van der Waals surface area contributed by atoms with Crippen LogP contribution in [0.15, 0.2) is 40.1 Å². The summed E-state index contributed by atoms with van der Waals surface area (Å²) < 4.78 is 14.3. The smallest absolute Gasteiger partial charge is 0.296 e. The molecule has 1 aromatic carbocycles. The molecule has 0 saturated heterocycles. The number of nitrogens with one attached hydrogen (secondary N) is 1. The second-order valence-electron chi connectivity index (χ2n) is 3.65. The summed E-state index contributed by atoms with van der Waals surface area (Å²) in [7, 11) is 0. The van der Waals surface area contributed by atoms with Crippen LogP contribution >= 0.6 is 0 Å². The quantitative estimate of drug-likeness (QED) is 0.841. The third-order valence-corrected chi connectivity index (χ3v) is 2.43. The maximum atomic E-state index is 13.1. The first-order valence-corrected chi connectivity index (χ1v) is 5.08. The van der Waals surface area contributed by atoms with Crippen LogP contribution in [0.1, 0.15) is 11.1 Å². The third kappa shape index (κ3) is 2.35. The van der Waals surface area contributed by atoms with Gasteiger partial charge in [-0.15, -0.1) is 0 Å². The van der Waals surface area contributed by atoms with Gasteiger partial charge in [-0.05, 0) is 23.8 Å². The number of H-pyrrole nitrogens is 1. The van der Waals surface area contributed by atoms with Crippen LogP contribution in [-0.4, -0.2) is 9.55 Å². The van der Waals surface area contributed by atoms with Crippen molar-refractivity contribution in [2.45, 2.75) is 6.54 Å². The molecule has 2 rings (SSSR count).